The van der Waals surface area contributed by atoms with Crippen molar-refractivity contribution in [1.82, 2.24) is 54.5 Å². The molecule has 8 heterocycles. The van der Waals surface area contributed by atoms with E-state index in [0.717, 1.165) is 162 Å². The maximum atomic E-state index is 13.7. The Hall–Kier alpha value is -6.63. The molecule has 18 nitrogen and oxygen atoms in total. The third-order valence-corrected chi connectivity index (χ3v) is 15.3. The van der Waals surface area contributed by atoms with Gasteiger partial charge in [-0.05, 0) is 92.3 Å². The average molecular weight is 936 g/mol. The summed E-state index contributed by atoms with van der Waals surface area (Å²) in [7, 11) is 0. The van der Waals surface area contributed by atoms with Crippen LogP contribution in [-0.4, -0.2) is 177 Å². The first-order chi connectivity index (χ1) is 33.7. The van der Waals surface area contributed by atoms with Crippen molar-refractivity contribution in [3.63, 3.8) is 0 Å². The molecule has 360 valence electrons. The van der Waals surface area contributed by atoms with Gasteiger partial charge in [0.05, 0.1) is 11.4 Å². The van der Waals surface area contributed by atoms with Crippen LogP contribution in [0.5, 0.6) is 11.5 Å². The molecule has 2 aromatic heterocycles. The second-order valence-corrected chi connectivity index (χ2v) is 19.4. The number of amides is 5. The molecule has 6 aliphatic rings. The number of nitrogen functional groups attached to an aromatic ring is 1. The van der Waals surface area contributed by atoms with Crippen LogP contribution in [0, 0.1) is 0 Å². The third kappa shape index (κ3) is 9.32. The van der Waals surface area contributed by atoms with Crippen LogP contribution in [0.25, 0.3) is 22.3 Å². The molecule has 1 unspecified atom stereocenters. The van der Waals surface area contributed by atoms with Crippen molar-refractivity contribution < 1.29 is 23.9 Å². The number of piperidine rings is 3. The van der Waals surface area contributed by atoms with E-state index in [0.29, 0.717) is 30.4 Å². The van der Waals surface area contributed by atoms with E-state index in [4.69, 9.17) is 15.6 Å². The smallest absolute Gasteiger partial charge is 0.320 e. The molecule has 3 N–H and O–H groups in total. The van der Waals surface area contributed by atoms with Gasteiger partial charge >= 0.3 is 6.03 Å². The van der Waals surface area contributed by atoms with Crippen LogP contribution in [0.3, 0.4) is 0 Å². The summed E-state index contributed by atoms with van der Waals surface area (Å²) in [6.07, 6.45) is 6.03. The van der Waals surface area contributed by atoms with Crippen LogP contribution in [0.4, 0.5) is 16.3 Å². The summed E-state index contributed by atoms with van der Waals surface area (Å²) < 4.78 is 8.10. The molecule has 5 amide bonds. The molecule has 11 rings (SSSR count). The first-order valence-corrected chi connectivity index (χ1v) is 24.8. The van der Waals surface area contributed by atoms with Gasteiger partial charge in [-0.3, -0.25) is 29.5 Å². The van der Waals surface area contributed by atoms with Crippen LogP contribution in [0.15, 0.2) is 79.1 Å². The fraction of sp³-hybridized carbons (Fsp3) is 0.471. The summed E-state index contributed by atoms with van der Waals surface area (Å²) in [5.74, 6) is 1.15. The van der Waals surface area contributed by atoms with Crippen LogP contribution in [0.1, 0.15) is 60.5 Å². The molecule has 69 heavy (non-hydrogen) atoms. The number of para-hydroxylation sites is 1. The average Bonchev–Trinajstić information content (AvgIpc) is 3.94. The zero-order valence-corrected chi connectivity index (χ0v) is 39.1. The molecule has 0 bridgehead atoms. The predicted molar refractivity (Wildman–Crippen MR) is 261 cm³/mol. The van der Waals surface area contributed by atoms with Gasteiger partial charge in [-0.2, -0.15) is 5.10 Å². The highest BCUT2D eigenvalue weighted by Crippen LogP contribution is 2.37. The van der Waals surface area contributed by atoms with Gasteiger partial charge in [-0.25, -0.2) is 19.4 Å². The number of nitrogens with zero attached hydrogens (tertiary/aromatic N) is 11. The topological polar surface area (TPSA) is 182 Å². The number of benzene rings is 3. The van der Waals surface area contributed by atoms with Crippen molar-refractivity contribution in [3.8, 4) is 22.8 Å². The Morgan fingerprint density at radius 3 is 2.09 bits per heavy atom. The zero-order chi connectivity index (χ0) is 47.0. The van der Waals surface area contributed by atoms with Gasteiger partial charge in [0, 0.05) is 127 Å². The van der Waals surface area contributed by atoms with Crippen LogP contribution in [0.2, 0.25) is 0 Å². The molecule has 5 fully saturated rings. The number of fused-ring (bicyclic) bond motifs is 2. The highest BCUT2D eigenvalue weighted by Gasteiger charge is 2.40. The fourth-order valence-corrected chi connectivity index (χ4v) is 11.3. The Kier molecular flexibility index (Phi) is 12.6. The highest BCUT2D eigenvalue weighted by atomic mass is 16.5. The van der Waals surface area contributed by atoms with E-state index in [1.807, 2.05) is 66.7 Å². The van der Waals surface area contributed by atoms with Crippen molar-refractivity contribution in [3.05, 3.63) is 90.3 Å². The minimum absolute atomic E-state index is 0.140. The molecule has 0 aliphatic carbocycles. The predicted octanol–water partition coefficient (Wildman–Crippen LogP) is 4.29. The SMILES string of the molecule is Nc1ncnc2c1c(-c1ccc(Oc3ccccc3)cc1)nn2C1CCN(C2CCN(C(=O)N3CCN(CCN4CCN(c5ccc6c(c5)CN(C5CCC(=O)NC5=O)C6=O)CC4)CC3)CC2)CC1. The Morgan fingerprint density at radius 1 is 0.710 bits per heavy atom. The van der Waals surface area contributed by atoms with Gasteiger partial charge in [-0.15, -0.1) is 0 Å². The Balaban J connectivity index is 0.602. The largest absolute Gasteiger partial charge is 0.457 e. The summed E-state index contributed by atoms with van der Waals surface area (Å²) in [6, 6.07) is 23.9. The molecule has 1 atom stereocenters. The zero-order valence-electron chi connectivity index (χ0n) is 39.1. The summed E-state index contributed by atoms with van der Waals surface area (Å²) in [5.41, 5.74) is 11.6. The lowest BCUT2D eigenvalue weighted by molar-refractivity contribution is -0.136. The van der Waals surface area contributed by atoms with Crippen LogP contribution < -0.4 is 20.7 Å². The lowest BCUT2D eigenvalue weighted by atomic mass is 9.98. The van der Waals surface area contributed by atoms with Gasteiger partial charge in [0.2, 0.25) is 11.8 Å². The Labute approximate surface area is 401 Å². The first kappa shape index (κ1) is 44.9. The number of carbonyl (C=O) groups excluding carboxylic acids is 4. The van der Waals surface area contributed by atoms with Crippen molar-refractivity contribution in [2.75, 3.05) is 102 Å². The number of anilines is 2. The molecule has 0 spiro atoms. The summed E-state index contributed by atoms with van der Waals surface area (Å²) in [4.78, 5) is 75.8. The molecule has 0 saturated carbocycles. The molecular weight excluding hydrogens is 875 g/mol. The summed E-state index contributed by atoms with van der Waals surface area (Å²) in [5, 5.41) is 8.30. The van der Waals surface area contributed by atoms with Gasteiger partial charge in [0.25, 0.3) is 5.91 Å². The number of urea groups is 1. The lowest BCUT2D eigenvalue weighted by Crippen LogP contribution is -2.56. The number of nitrogens with one attached hydrogen (secondary N) is 1. The number of imide groups is 1. The summed E-state index contributed by atoms with van der Waals surface area (Å²) in [6.45, 7) is 12.9. The van der Waals surface area contributed by atoms with Gasteiger partial charge in [0.1, 0.15) is 35.4 Å². The van der Waals surface area contributed by atoms with E-state index in [9.17, 15) is 19.2 Å². The van der Waals surface area contributed by atoms with Crippen molar-refractivity contribution >= 4 is 46.3 Å². The number of aromatic nitrogens is 4. The lowest BCUT2D eigenvalue weighted by Gasteiger charge is -2.43. The number of hydrogen-bond donors (Lipinski definition) is 2. The quantitative estimate of drug-likeness (QED) is 0.190. The summed E-state index contributed by atoms with van der Waals surface area (Å²) >= 11 is 0. The van der Waals surface area contributed by atoms with E-state index in [1.165, 1.54) is 6.33 Å². The fourth-order valence-electron chi connectivity index (χ4n) is 11.3. The maximum Gasteiger partial charge on any atom is 0.320 e. The van der Waals surface area contributed by atoms with E-state index >= 15 is 0 Å². The standard InChI is InChI=1S/C51H61N13O5/c52-47-45-46(35-6-9-41(10-7-35)69-40-4-2-1-3-5-40)56-64(48(45)54-34-53-47)38-16-18-59(19-17-38)37-14-20-61(21-15-37)51(68)62-30-26-58(27-31-62)23-22-57-24-28-60(29-25-57)39-8-11-42-36(32-39)33-63(50(42)67)43-12-13-44(65)55-49(43)66/h1-11,32,34,37-38,43H,12-31,33H2,(H2,52,53,54)(H,55,65,66). The Morgan fingerprint density at radius 2 is 1.38 bits per heavy atom. The number of piperazine rings is 2. The minimum atomic E-state index is -0.604. The molecule has 5 aromatic rings. The maximum absolute atomic E-state index is 13.7. The van der Waals surface area contributed by atoms with E-state index in [2.05, 4.69) is 55.4 Å². The number of likely N-dealkylation sites (tertiary alicyclic amines) is 2. The van der Waals surface area contributed by atoms with E-state index < -0.39 is 6.04 Å². The molecule has 0 radical (unpaired) electrons. The van der Waals surface area contributed by atoms with Crippen LogP contribution >= 0.6 is 0 Å². The second-order valence-electron chi connectivity index (χ2n) is 19.4. The number of nitrogens with two attached hydrogens (primary N) is 1. The van der Waals surface area contributed by atoms with Gasteiger partial charge in [-0.1, -0.05) is 18.2 Å². The molecule has 6 aliphatic heterocycles. The van der Waals surface area contributed by atoms with E-state index in [-0.39, 0.29) is 36.2 Å². The van der Waals surface area contributed by atoms with Crippen LogP contribution in [-0.2, 0) is 16.1 Å². The molecular formula is C51H61N13O5. The van der Waals surface area contributed by atoms with Crippen molar-refractivity contribution in [2.24, 2.45) is 0 Å². The normalized spacial score (nSPS) is 21.6. The highest BCUT2D eigenvalue weighted by molar-refractivity contribution is 6.05. The minimum Gasteiger partial charge on any atom is -0.457 e. The molecule has 5 saturated heterocycles. The number of carbonyl (C=O) groups is 4. The van der Waals surface area contributed by atoms with E-state index in [1.54, 1.807) is 4.90 Å². The van der Waals surface area contributed by atoms with Gasteiger partial charge < -0.3 is 35.0 Å². The molecule has 3 aromatic carbocycles. The Bertz CT molecular complexity index is 2680. The molecule has 18 heteroatoms. The third-order valence-electron chi connectivity index (χ3n) is 15.3. The first-order valence-electron chi connectivity index (χ1n) is 24.8. The monoisotopic (exact) mass is 935 g/mol. The number of hydrogen-bond acceptors (Lipinski definition) is 13. The van der Waals surface area contributed by atoms with Gasteiger partial charge in [0.15, 0.2) is 5.65 Å². The number of rotatable bonds is 10. The second kappa shape index (κ2) is 19.4. The van der Waals surface area contributed by atoms with Crippen molar-refractivity contribution in [2.45, 2.75) is 63.2 Å². The number of ether oxygens (including phenoxy) is 1. The van der Waals surface area contributed by atoms with Crippen molar-refractivity contribution in [1.29, 1.82) is 0 Å².